The molecule has 0 saturated heterocycles. The number of rotatable bonds is 5. The van der Waals surface area contributed by atoms with Crippen LogP contribution in [0, 0.1) is 41.5 Å². The standard InChI is InChI=1S/C26H34N4/c1-9-19-13(3)11-27-25(19)23-15(5)21(17(7)29-23)22-16(6)24(30-18(22)8)26-20(10-2)14(4)12-28-26/h11-12,27-30H,9-10H2,1-8H3. The van der Waals surface area contributed by atoms with Crippen molar-refractivity contribution in [1.29, 1.82) is 0 Å². The van der Waals surface area contributed by atoms with E-state index in [0.29, 0.717) is 0 Å². The van der Waals surface area contributed by atoms with Crippen molar-refractivity contribution in [3.05, 3.63) is 57.2 Å². The summed E-state index contributed by atoms with van der Waals surface area (Å²) in [6.45, 7) is 17.7. The Morgan fingerprint density at radius 1 is 0.567 bits per heavy atom. The summed E-state index contributed by atoms with van der Waals surface area (Å²) in [5, 5.41) is 0. The molecule has 4 heterocycles. The van der Waals surface area contributed by atoms with Crippen molar-refractivity contribution >= 4 is 0 Å². The zero-order chi connectivity index (χ0) is 21.7. The topological polar surface area (TPSA) is 63.2 Å². The normalized spacial score (nSPS) is 11.6. The van der Waals surface area contributed by atoms with Crippen LogP contribution in [0.15, 0.2) is 12.4 Å². The van der Waals surface area contributed by atoms with Crippen molar-refractivity contribution in [3.63, 3.8) is 0 Å². The summed E-state index contributed by atoms with van der Waals surface area (Å²) in [5.74, 6) is 0. The van der Waals surface area contributed by atoms with Crippen molar-refractivity contribution in [3.8, 4) is 33.9 Å². The molecule has 0 aliphatic heterocycles. The minimum absolute atomic E-state index is 1.02. The quantitative estimate of drug-likeness (QED) is 0.278. The van der Waals surface area contributed by atoms with Gasteiger partial charge in [0.2, 0.25) is 0 Å². The smallest absolute Gasteiger partial charge is 0.0660 e. The Morgan fingerprint density at radius 3 is 1.27 bits per heavy atom. The van der Waals surface area contributed by atoms with E-state index in [2.05, 4.69) is 87.7 Å². The van der Waals surface area contributed by atoms with E-state index in [0.717, 1.165) is 12.8 Å². The summed E-state index contributed by atoms with van der Waals surface area (Å²) in [4.78, 5) is 14.4. The number of aryl methyl sites for hydroxylation is 4. The van der Waals surface area contributed by atoms with Crippen molar-refractivity contribution in [2.45, 2.75) is 68.2 Å². The monoisotopic (exact) mass is 402 g/mol. The van der Waals surface area contributed by atoms with E-state index in [9.17, 15) is 0 Å². The molecule has 0 aromatic carbocycles. The molecule has 4 nitrogen and oxygen atoms in total. The minimum Gasteiger partial charge on any atom is -0.359 e. The summed E-state index contributed by atoms with van der Waals surface area (Å²) in [6.07, 6.45) is 6.29. The highest BCUT2D eigenvalue weighted by molar-refractivity contribution is 5.86. The molecule has 0 unspecified atom stereocenters. The van der Waals surface area contributed by atoms with Crippen LogP contribution in [0.4, 0.5) is 0 Å². The molecule has 0 amide bonds. The third kappa shape index (κ3) is 2.89. The molecule has 4 rings (SSSR count). The van der Waals surface area contributed by atoms with Crippen molar-refractivity contribution in [1.82, 2.24) is 19.9 Å². The fourth-order valence-corrected chi connectivity index (χ4v) is 5.21. The Labute approximate surface area is 179 Å². The second-order valence-electron chi connectivity index (χ2n) is 8.61. The molecule has 0 bridgehead atoms. The SMILES string of the molecule is CCc1c(C)c[nH]c1-c1[nH]c(C)c(-c2c(C)[nH]c(-c3[nH]cc(C)c3CC)c2C)c1C. The van der Waals surface area contributed by atoms with Crippen LogP contribution < -0.4 is 0 Å². The number of H-pyrrole nitrogens is 4. The molecule has 4 aromatic rings. The highest BCUT2D eigenvalue weighted by atomic mass is 14.8. The third-order valence-corrected chi connectivity index (χ3v) is 6.75. The third-order valence-electron chi connectivity index (χ3n) is 6.75. The highest BCUT2D eigenvalue weighted by Crippen LogP contribution is 2.42. The van der Waals surface area contributed by atoms with Crippen LogP contribution in [0.2, 0.25) is 0 Å². The predicted molar refractivity (Wildman–Crippen MR) is 127 cm³/mol. The second-order valence-corrected chi connectivity index (χ2v) is 8.61. The van der Waals surface area contributed by atoms with E-state index in [1.807, 2.05) is 0 Å². The highest BCUT2D eigenvalue weighted by Gasteiger charge is 2.24. The van der Waals surface area contributed by atoms with Gasteiger partial charge in [0, 0.05) is 34.9 Å². The lowest BCUT2D eigenvalue weighted by atomic mass is 9.95. The zero-order valence-corrected chi connectivity index (χ0v) is 19.6. The van der Waals surface area contributed by atoms with Crippen molar-refractivity contribution in [2.75, 3.05) is 0 Å². The summed E-state index contributed by atoms with van der Waals surface area (Å²) < 4.78 is 0. The fraction of sp³-hybridized carbons (Fsp3) is 0.385. The zero-order valence-electron chi connectivity index (χ0n) is 19.6. The molecule has 4 aromatic heterocycles. The van der Waals surface area contributed by atoms with Gasteiger partial charge in [-0.3, -0.25) is 0 Å². The van der Waals surface area contributed by atoms with Crippen LogP contribution in [-0.4, -0.2) is 19.9 Å². The van der Waals surface area contributed by atoms with E-state index in [-0.39, 0.29) is 0 Å². The maximum absolute atomic E-state index is 3.69. The lowest BCUT2D eigenvalue weighted by Crippen LogP contribution is -1.90. The van der Waals surface area contributed by atoms with Gasteiger partial charge in [0.25, 0.3) is 0 Å². The van der Waals surface area contributed by atoms with E-state index >= 15 is 0 Å². The van der Waals surface area contributed by atoms with E-state index in [4.69, 9.17) is 0 Å². The Morgan fingerprint density at radius 2 is 0.933 bits per heavy atom. The van der Waals surface area contributed by atoms with Gasteiger partial charge in [-0.1, -0.05) is 13.8 Å². The fourth-order valence-electron chi connectivity index (χ4n) is 5.21. The molecule has 4 heteroatoms. The molecule has 0 atom stereocenters. The lowest BCUT2D eigenvalue weighted by molar-refractivity contribution is 1.12. The van der Waals surface area contributed by atoms with Gasteiger partial charge in [-0.05, 0) is 87.8 Å². The summed E-state index contributed by atoms with van der Waals surface area (Å²) in [5.41, 5.74) is 18.0. The Kier molecular flexibility index (Phi) is 5.05. The van der Waals surface area contributed by atoms with Crippen molar-refractivity contribution in [2.24, 2.45) is 0 Å². The van der Waals surface area contributed by atoms with Gasteiger partial charge in [0.05, 0.1) is 22.8 Å². The van der Waals surface area contributed by atoms with E-state index < -0.39 is 0 Å². The van der Waals surface area contributed by atoms with Gasteiger partial charge >= 0.3 is 0 Å². The van der Waals surface area contributed by atoms with Crippen LogP contribution in [0.5, 0.6) is 0 Å². The molecule has 30 heavy (non-hydrogen) atoms. The van der Waals surface area contributed by atoms with E-state index in [1.54, 1.807) is 0 Å². The maximum atomic E-state index is 3.69. The van der Waals surface area contributed by atoms with E-state index in [1.165, 1.54) is 78.7 Å². The Bertz CT molecular complexity index is 1130. The van der Waals surface area contributed by atoms with Gasteiger partial charge in [-0.2, -0.15) is 0 Å². The van der Waals surface area contributed by atoms with Gasteiger partial charge in [-0.15, -0.1) is 0 Å². The van der Waals surface area contributed by atoms with Crippen LogP contribution in [-0.2, 0) is 12.8 Å². The average molecular weight is 403 g/mol. The number of aromatic amines is 4. The molecular weight excluding hydrogens is 368 g/mol. The first-order chi connectivity index (χ1) is 14.3. The lowest BCUT2D eigenvalue weighted by Gasteiger charge is -2.07. The molecule has 158 valence electrons. The Balaban J connectivity index is 1.90. The van der Waals surface area contributed by atoms with Gasteiger partial charge in [0.1, 0.15) is 0 Å². The molecule has 4 N–H and O–H groups in total. The average Bonchev–Trinajstić information content (AvgIpc) is 3.42. The first-order valence-electron chi connectivity index (χ1n) is 11.0. The van der Waals surface area contributed by atoms with Crippen LogP contribution in [0.3, 0.4) is 0 Å². The number of hydrogen-bond donors (Lipinski definition) is 4. The number of aromatic nitrogens is 4. The summed E-state index contributed by atoms with van der Waals surface area (Å²) in [6, 6.07) is 0. The molecule has 0 aliphatic carbocycles. The summed E-state index contributed by atoms with van der Waals surface area (Å²) >= 11 is 0. The number of nitrogens with one attached hydrogen (secondary N) is 4. The molecule has 0 saturated carbocycles. The minimum atomic E-state index is 1.02. The predicted octanol–water partition coefficient (Wildman–Crippen LogP) is 6.98. The van der Waals surface area contributed by atoms with Gasteiger partial charge in [0.15, 0.2) is 0 Å². The van der Waals surface area contributed by atoms with Gasteiger partial charge in [-0.25, -0.2) is 0 Å². The Hall–Kier alpha value is -2.88. The molecule has 0 fully saturated rings. The first kappa shape index (κ1) is 20.4. The van der Waals surface area contributed by atoms with Crippen LogP contribution in [0.25, 0.3) is 33.9 Å². The first-order valence-corrected chi connectivity index (χ1v) is 11.0. The summed E-state index contributed by atoms with van der Waals surface area (Å²) in [7, 11) is 0. The molecule has 0 spiro atoms. The molecule has 0 radical (unpaired) electrons. The van der Waals surface area contributed by atoms with Crippen LogP contribution >= 0.6 is 0 Å². The second kappa shape index (κ2) is 7.42. The number of hydrogen-bond acceptors (Lipinski definition) is 0. The molecular formula is C26H34N4. The largest absolute Gasteiger partial charge is 0.359 e. The maximum Gasteiger partial charge on any atom is 0.0660 e. The van der Waals surface area contributed by atoms with Crippen molar-refractivity contribution < 1.29 is 0 Å². The molecule has 0 aliphatic rings. The van der Waals surface area contributed by atoms with Crippen LogP contribution in [0.1, 0.15) is 58.6 Å². The van der Waals surface area contributed by atoms with Gasteiger partial charge < -0.3 is 19.9 Å².